The summed E-state index contributed by atoms with van der Waals surface area (Å²) < 4.78 is 0. The van der Waals surface area contributed by atoms with Crippen molar-refractivity contribution in [2.75, 3.05) is 0 Å². The summed E-state index contributed by atoms with van der Waals surface area (Å²) in [5, 5.41) is 0. The van der Waals surface area contributed by atoms with Gasteiger partial charge in [0.1, 0.15) is 11.6 Å². The minimum absolute atomic E-state index is 0.0264. The fraction of sp³-hybridized carbons (Fsp3) is 0.353. The molecule has 1 aromatic rings. The van der Waals surface area contributed by atoms with E-state index in [-0.39, 0.29) is 23.8 Å². The Hall–Kier alpha value is -2.03. The predicted octanol–water partition coefficient (Wildman–Crippen LogP) is 2.99. The molecule has 0 unspecified atom stereocenters. The smallest absolute Gasteiger partial charge is 0.155 e. The zero-order valence-corrected chi connectivity index (χ0v) is 11.6. The highest BCUT2D eigenvalue weighted by atomic mass is 16.2. The van der Waals surface area contributed by atoms with Crippen molar-refractivity contribution < 1.29 is 14.4 Å². The van der Waals surface area contributed by atoms with Gasteiger partial charge in [0.2, 0.25) is 0 Å². The highest BCUT2D eigenvalue weighted by Gasteiger charge is 2.31. The van der Waals surface area contributed by atoms with Gasteiger partial charge in [-0.1, -0.05) is 30.3 Å². The van der Waals surface area contributed by atoms with E-state index in [1.807, 2.05) is 30.3 Å². The zero-order chi connectivity index (χ0) is 14.5. The third-order valence-electron chi connectivity index (χ3n) is 3.64. The molecule has 3 nitrogen and oxygen atoms in total. The van der Waals surface area contributed by atoms with Gasteiger partial charge >= 0.3 is 0 Å². The third kappa shape index (κ3) is 3.50. The molecule has 1 fully saturated rings. The molecule has 0 spiro atoms. The van der Waals surface area contributed by atoms with Crippen LogP contribution in [0.25, 0.3) is 6.08 Å². The van der Waals surface area contributed by atoms with Gasteiger partial charge in [-0.3, -0.25) is 14.4 Å². The van der Waals surface area contributed by atoms with E-state index in [0.29, 0.717) is 24.8 Å². The predicted molar refractivity (Wildman–Crippen MR) is 77.1 cm³/mol. The average molecular weight is 270 g/mol. The minimum atomic E-state index is -0.623. The van der Waals surface area contributed by atoms with Gasteiger partial charge in [0.05, 0.1) is 5.92 Å². The van der Waals surface area contributed by atoms with Crippen molar-refractivity contribution in [2.45, 2.75) is 32.6 Å². The van der Waals surface area contributed by atoms with Gasteiger partial charge in [0.25, 0.3) is 0 Å². The number of hydrogen-bond acceptors (Lipinski definition) is 3. The molecule has 3 heteroatoms. The number of carbonyl (C=O) groups is 3. The average Bonchev–Trinajstić information content (AvgIpc) is 2.42. The maximum atomic E-state index is 11.9. The molecule has 1 aliphatic rings. The van der Waals surface area contributed by atoms with Gasteiger partial charge in [-0.2, -0.15) is 0 Å². The summed E-state index contributed by atoms with van der Waals surface area (Å²) in [6.07, 6.45) is 3.56. The van der Waals surface area contributed by atoms with E-state index in [4.69, 9.17) is 0 Å². The lowest BCUT2D eigenvalue weighted by molar-refractivity contribution is -0.135. The second kappa shape index (κ2) is 6.42. The molecule has 0 bridgehead atoms. The second-order valence-corrected chi connectivity index (χ2v) is 5.18. The maximum absolute atomic E-state index is 11.9. The van der Waals surface area contributed by atoms with Crippen LogP contribution in [0.2, 0.25) is 0 Å². The SMILES string of the molecule is CC(=O)/C(=C\c1ccccc1)CC1C(=O)CCCC1=O. The Morgan fingerprint density at radius 1 is 1.15 bits per heavy atom. The van der Waals surface area contributed by atoms with Crippen molar-refractivity contribution in [3.63, 3.8) is 0 Å². The quantitative estimate of drug-likeness (QED) is 0.624. The standard InChI is InChI=1S/C17H18O3/c1-12(18)14(10-13-6-3-2-4-7-13)11-15-16(19)8-5-9-17(15)20/h2-4,6-7,10,15H,5,8-9,11H2,1H3/b14-10-. The summed E-state index contributed by atoms with van der Waals surface area (Å²) in [6.45, 7) is 1.48. The Labute approximate surface area is 118 Å². The van der Waals surface area contributed by atoms with Crippen LogP contribution < -0.4 is 0 Å². The molecule has 0 aromatic heterocycles. The number of rotatable bonds is 4. The van der Waals surface area contributed by atoms with Crippen LogP contribution >= 0.6 is 0 Å². The Morgan fingerprint density at radius 3 is 2.30 bits per heavy atom. The fourth-order valence-electron chi connectivity index (χ4n) is 2.47. The molecule has 0 amide bonds. The lowest BCUT2D eigenvalue weighted by atomic mass is 9.81. The Balaban J connectivity index is 2.22. The van der Waals surface area contributed by atoms with Crippen LogP contribution in [0.5, 0.6) is 0 Å². The second-order valence-electron chi connectivity index (χ2n) is 5.18. The van der Waals surface area contributed by atoms with Crippen molar-refractivity contribution in [3.05, 3.63) is 41.5 Å². The first-order valence-electron chi connectivity index (χ1n) is 6.90. The molecule has 0 saturated heterocycles. The summed E-state index contributed by atoms with van der Waals surface area (Å²) in [5.41, 5.74) is 1.46. The van der Waals surface area contributed by atoms with Crippen LogP contribution in [-0.4, -0.2) is 17.3 Å². The van der Waals surface area contributed by atoms with Crippen molar-refractivity contribution in [1.82, 2.24) is 0 Å². The summed E-state index contributed by atoms with van der Waals surface area (Å²) >= 11 is 0. The third-order valence-corrected chi connectivity index (χ3v) is 3.64. The Bertz CT molecular complexity index is 539. The van der Waals surface area contributed by atoms with Gasteiger partial charge in [-0.05, 0) is 37.0 Å². The van der Waals surface area contributed by atoms with Crippen molar-refractivity contribution in [3.8, 4) is 0 Å². The van der Waals surface area contributed by atoms with Crippen LogP contribution in [-0.2, 0) is 14.4 Å². The monoisotopic (exact) mass is 270 g/mol. The summed E-state index contributed by atoms with van der Waals surface area (Å²) in [5.74, 6) is -0.759. The van der Waals surface area contributed by atoms with E-state index in [0.717, 1.165) is 5.56 Å². The molecule has 1 aromatic carbocycles. The number of carbonyl (C=O) groups excluding carboxylic acids is 3. The Kier molecular flexibility index (Phi) is 4.61. The molecule has 0 N–H and O–H groups in total. The van der Waals surface area contributed by atoms with Gasteiger partial charge in [0.15, 0.2) is 5.78 Å². The summed E-state index contributed by atoms with van der Waals surface area (Å²) in [4.78, 5) is 35.5. The van der Waals surface area contributed by atoms with Gasteiger partial charge < -0.3 is 0 Å². The molecule has 1 aliphatic carbocycles. The van der Waals surface area contributed by atoms with Crippen LogP contribution in [0.4, 0.5) is 0 Å². The van der Waals surface area contributed by atoms with Crippen LogP contribution in [0, 0.1) is 5.92 Å². The highest BCUT2D eigenvalue weighted by molar-refractivity contribution is 6.07. The topological polar surface area (TPSA) is 51.2 Å². The van der Waals surface area contributed by atoms with E-state index in [1.54, 1.807) is 6.08 Å². The van der Waals surface area contributed by atoms with Gasteiger partial charge in [-0.25, -0.2) is 0 Å². The fourth-order valence-corrected chi connectivity index (χ4v) is 2.47. The van der Waals surface area contributed by atoms with Crippen LogP contribution in [0.3, 0.4) is 0 Å². The molecule has 0 radical (unpaired) electrons. The summed E-state index contributed by atoms with van der Waals surface area (Å²) in [6, 6.07) is 9.47. The molecular weight excluding hydrogens is 252 g/mol. The number of ketones is 3. The number of Topliss-reactive ketones (excluding diaryl/α,β-unsaturated/α-hetero) is 3. The van der Waals surface area contributed by atoms with E-state index in [9.17, 15) is 14.4 Å². The normalized spacial score (nSPS) is 17.4. The summed E-state index contributed by atoms with van der Waals surface area (Å²) in [7, 11) is 0. The van der Waals surface area contributed by atoms with E-state index in [2.05, 4.69) is 0 Å². The largest absolute Gasteiger partial charge is 0.299 e. The highest BCUT2D eigenvalue weighted by Crippen LogP contribution is 2.25. The van der Waals surface area contributed by atoms with Crippen molar-refractivity contribution in [1.29, 1.82) is 0 Å². The molecule has 104 valence electrons. The maximum Gasteiger partial charge on any atom is 0.155 e. The first-order chi connectivity index (χ1) is 9.58. The molecule has 0 atom stereocenters. The van der Waals surface area contributed by atoms with Crippen LogP contribution in [0.1, 0.15) is 38.2 Å². The molecule has 1 saturated carbocycles. The first-order valence-corrected chi connectivity index (χ1v) is 6.90. The van der Waals surface area contributed by atoms with Crippen LogP contribution in [0.15, 0.2) is 35.9 Å². The molecule has 20 heavy (non-hydrogen) atoms. The first kappa shape index (κ1) is 14.4. The zero-order valence-electron chi connectivity index (χ0n) is 11.6. The van der Waals surface area contributed by atoms with Crippen molar-refractivity contribution in [2.24, 2.45) is 5.92 Å². The van der Waals surface area contributed by atoms with Crippen molar-refractivity contribution >= 4 is 23.4 Å². The molecule has 2 rings (SSSR count). The Morgan fingerprint density at radius 2 is 1.75 bits per heavy atom. The van der Waals surface area contributed by atoms with E-state index in [1.165, 1.54) is 6.92 Å². The molecular formula is C17H18O3. The molecule has 0 aliphatic heterocycles. The number of allylic oxidation sites excluding steroid dienone is 1. The number of hydrogen-bond donors (Lipinski definition) is 0. The van der Waals surface area contributed by atoms with E-state index >= 15 is 0 Å². The lowest BCUT2D eigenvalue weighted by Crippen LogP contribution is -2.29. The van der Waals surface area contributed by atoms with Gasteiger partial charge in [-0.15, -0.1) is 0 Å². The number of benzene rings is 1. The lowest BCUT2D eigenvalue weighted by Gasteiger charge is -2.19. The van der Waals surface area contributed by atoms with E-state index < -0.39 is 5.92 Å². The molecule has 0 heterocycles. The minimum Gasteiger partial charge on any atom is -0.299 e. The van der Waals surface area contributed by atoms with Gasteiger partial charge in [0, 0.05) is 12.8 Å².